The molecule has 0 bridgehead atoms. The Morgan fingerprint density at radius 1 is 1.11 bits per heavy atom. The van der Waals surface area contributed by atoms with Gasteiger partial charge in [0.25, 0.3) is 0 Å². The predicted octanol–water partition coefficient (Wildman–Crippen LogP) is 4.93. The van der Waals surface area contributed by atoms with E-state index in [2.05, 4.69) is 6.92 Å². The SMILES string of the molecule is CCCc1cc2c(=O)c(-c3ccc4c(c3)OCO4)coc2cc1OC(C)C. The van der Waals surface area contributed by atoms with E-state index >= 15 is 0 Å². The summed E-state index contributed by atoms with van der Waals surface area (Å²) < 4.78 is 22.5. The molecule has 0 saturated heterocycles. The van der Waals surface area contributed by atoms with Gasteiger partial charge in [0.05, 0.1) is 17.1 Å². The highest BCUT2D eigenvalue weighted by molar-refractivity contribution is 5.84. The highest BCUT2D eigenvalue weighted by atomic mass is 16.7. The van der Waals surface area contributed by atoms with Crippen molar-refractivity contribution in [3.8, 4) is 28.4 Å². The Morgan fingerprint density at radius 2 is 1.93 bits per heavy atom. The Bertz CT molecular complexity index is 1050. The lowest BCUT2D eigenvalue weighted by molar-refractivity contribution is 0.174. The van der Waals surface area contributed by atoms with Crippen LogP contribution in [0.25, 0.3) is 22.1 Å². The first kappa shape index (κ1) is 17.5. The first-order chi connectivity index (χ1) is 13.1. The number of benzene rings is 2. The van der Waals surface area contributed by atoms with Gasteiger partial charge in [-0.05, 0) is 49.6 Å². The molecule has 0 radical (unpaired) electrons. The number of fused-ring (bicyclic) bond motifs is 2. The first-order valence-corrected chi connectivity index (χ1v) is 9.22. The molecule has 0 atom stereocenters. The van der Waals surface area contributed by atoms with E-state index < -0.39 is 0 Å². The fraction of sp³-hybridized carbons (Fsp3) is 0.318. The van der Waals surface area contributed by atoms with Crippen LogP contribution in [0.15, 0.2) is 45.8 Å². The zero-order chi connectivity index (χ0) is 19.0. The molecule has 0 N–H and O–H groups in total. The molecule has 0 aliphatic carbocycles. The van der Waals surface area contributed by atoms with Crippen LogP contribution in [0, 0.1) is 0 Å². The average Bonchev–Trinajstić information content (AvgIpc) is 3.10. The maximum Gasteiger partial charge on any atom is 0.231 e. The van der Waals surface area contributed by atoms with Gasteiger partial charge in [0.1, 0.15) is 17.6 Å². The quantitative estimate of drug-likeness (QED) is 0.641. The molecule has 0 fully saturated rings. The van der Waals surface area contributed by atoms with Crippen molar-refractivity contribution in [2.24, 2.45) is 0 Å². The van der Waals surface area contributed by atoms with Crippen LogP contribution >= 0.6 is 0 Å². The number of hydrogen-bond acceptors (Lipinski definition) is 5. The molecular weight excluding hydrogens is 344 g/mol. The van der Waals surface area contributed by atoms with E-state index in [1.807, 2.05) is 44.2 Å². The molecule has 27 heavy (non-hydrogen) atoms. The molecule has 0 saturated carbocycles. The minimum absolute atomic E-state index is 0.0534. The molecule has 5 nitrogen and oxygen atoms in total. The molecule has 2 heterocycles. The van der Waals surface area contributed by atoms with E-state index in [1.165, 1.54) is 6.26 Å². The van der Waals surface area contributed by atoms with Crippen LogP contribution in [0.3, 0.4) is 0 Å². The first-order valence-electron chi connectivity index (χ1n) is 9.22. The normalized spacial score (nSPS) is 12.7. The van der Waals surface area contributed by atoms with Gasteiger partial charge in [-0.1, -0.05) is 19.4 Å². The summed E-state index contributed by atoms with van der Waals surface area (Å²) in [4.78, 5) is 13.1. The minimum atomic E-state index is -0.0661. The van der Waals surface area contributed by atoms with E-state index in [0.29, 0.717) is 28.0 Å². The van der Waals surface area contributed by atoms with Crippen LogP contribution in [0.5, 0.6) is 17.2 Å². The van der Waals surface area contributed by atoms with Crippen molar-refractivity contribution in [2.45, 2.75) is 39.7 Å². The number of aryl methyl sites for hydroxylation is 1. The van der Waals surface area contributed by atoms with Gasteiger partial charge in [0, 0.05) is 6.07 Å². The maximum absolute atomic E-state index is 13.1. The molecule has 140 valence electrons. The third kappa shape index (κ3) is 3.25. The molecule has 0 unspecified atom stereocenters. The summed E-state index contributed by atoms with van der Waals surface area (Å²) in [7, 11) is 0. The van der Waals surface area contributed by atoms with Gasteiger partial charge in [-0.3, -0.25) is 4.79 Å². The zero-order valence-corrected chi connectivity index (χ0v) is 15.7. The molecule has 0 amide bonds. The van der Waals surface area contributed by atoms with Crippen LogP contribution < -0.4 is 19.6 Å². The number of hydrogen-bond donors (Lipinski definition) is 0. The van der Waals surface area contributed by atoms with Gasteiger partial charge in [-0.2, -0.15) is 0 Å². The smallest absolute Gasteiger partial charge is 0.231 e. The lowest BCUT2D eigenvalue weighted by Gasteiger charge is -2.15. The van der Waals surface area contributed by atoms with Gasteiger partial charge in [-0.25, -0.2) is 0 Å². The minimum Gasteiger partial charge on any atom is -0.491 e. The van der Waals surface area contributed by atoms with Crippen molar-refractivity contribution in [3.63, 3.8) is 0 Å². The Kier molecular flexibility index (Phi) is 4.52. The number of ether oxygens (including phenoxy) is 3. The van der Waals surface area contributed by atoms with E-state index in [9.17, 15) is 4.79 Å². The molecule has 3 aromatic rings. The van der Waals surface area contributed by atoms with E-state index in [-0.39, 0.29) is 18.3 Å². The largest absolute Gasteiger partial charge is 0.491 e. The van der Waals surface area contributed by atoms with Crippen LogP contribution in [-0.2, 0) is 6.42 Å². The second kappa shape index (κ2) is 6.99. The average molecular weight is 366 g/mol. The topological polar surface area (TPSA) is 57.9 Å². The van der Waals surface area contributed by atoms with Gasteiger partial charge in [-0.15, -0.1) is 0 Å². The Balaban J connectivity index is 1.85. The summed E-state index contributed by atoms with van der Waals surface area (Å²) in [5.74, 6) is 2.10. The highest BCUT2D eigenvalue weighted by Gasteiger charge is 2.18. The van der Waals surface area contributed by atoms with Crippen LogP contribution in [0.2, 0.25) is 0 Å². The van der Waals surface area contributed by atoms with E-state index in [4.69, 9.17) is 18.6 Å². The highest BCUT2D eigenvalue weighted by Crippen LogP contribution is 2.36. The molecule has 0 spiro atoms. The summed E-state index contributed by atoms with van der Waals surface area (Å²) in [5, 5.41) is 0.560. The van der Waals surface area contributed by atoms with Crippen LogP contribution in [-0.4, -0.2) is 12.9 Å². The number of rotatable bonds is 5. The lowest BCUT2D eigenvalue weighted by Crippen LogP contribution is -2.10. The van der Waals surface area contributed by atoms with Crippen molar-refractivity contribution in [1.29, 1.82) is 0 Å². The molecule has 4 rings (SSSR count). The summed E-state index contributed by atoms with van der Waals surface area (Å²) in [6, 6.07) is 9.19. The summed E-state index contributed by atoms with van der Waals surface area (Å²) >= 11 is 0. The van der Waals surface area contributed by atoms with E-state index in [1.54, 1.807) is 0 Å². The summed E-state index contributed by atoms with van der Waals surface area (Å²) in [5.41, 5.74) is 2.73. The fourth-order valence-corrected chi connectivity index (χ4v) is 3.29. The Labute approximate surface area is 157 Å². The van der Waals surface area contributed by atoms with E-state index in [0.717, 1.165) is 29.7 Å². The van der Waals surface area contributed by atoms with Gasteiger partial charge in [0.2, 0.25) is 12.2 Å². The third-order valence-electron chi connectivity index (χ3n) is 4.52. The molecule has 5 heteroatoms. The van der Waals surface area contributed by atoms with Gasteiger partial charge >= 0.3 is 0 Å². The van der Waals surface area contributed by atoms with Crippen molar-refractivity contribution in [1.82, 2.24) is 0 Å². The Morgan fingerprint density at radius 3 is 2.70 bits per heavy atom. The lowest BCUT2D eigenvalue weighted by atomic mass is 10.0. The van der Waals surface area contributed by atoms with Crippen molar-refractivity contribution in [3.05, 3.63) is 52.4 Å². The van der Waals surface area contributed by atoms with Crippen LogP contribution in [0.4, 0.5) is 0 Å². The second-order valence-electron chi connectivity index (χ2n) is 6.92. The molecule has 2 aromatic carbocycles. The van der Waals surface area contributed by atoms with Crippen molar-refractivity contribution >= 4 is 11.0 Å². The maximum atomic E-state index is 13.1. The molecule has 1 aromatic heterocycles. The van der Waals surface area contributed by atoms with Crippen molar-refractivity contribution < 1.29 is 18.6 Å². The van der Waals surface area contributed by atoms with Gasteiger partial charge < -0.3 is 18.6 Å². The fourth-order valence-electron chi connectivity index (χ4n) is 3.29. The second-order valence-corrected chi connectivity index (χ2v) is 6.92. The van der Waals surface area contributed by atoms with Crippen LogP contribution in [0.1, 0.15) is 32.8 Å². The standard InChI is InChI=1S/C22H22O5/c1-4-5-15-8-16-20(10-19(15)27-13(2)3)24-11-17(22(16)23)14-6-7-18-21(9-14)26-12-25-18/h6-11,13H,4-5,12H2,1-3H3. The monoisotopic (exact) mass is 366 g/mol. The third-order valence-corrected chi connectivity index (χ3v) is 4.52. The summed E-state index contributed by atoms with van der Waals surface area (Å²) in [6.45, 7) is 6.27. The summed E-state index contributed by atoms with van der Waals surface area (Å²) in [6.07, 6.45) is 3.36. The Hall–Kier alpha value is -2.95. The molecule has 1 aliphatic rings. The predicted molar refractivity (Wildman–Crippen MR) is 104 cm³/mol. The van der Waals surface area contributed by atoms with Gasteiger partial charge in [0.15, 0.2) is 11.5 Å². The van der Waals surface area contributed by atoms with Crippen molar-refractivity contribution in [2.75, 3.05) is 6.79 Å². The molecule has 1 aliphatic heterocycles. The molecular formula is C22H22O5. The zero-order valence-electron chi connectivity index (χ0n) is 15.7.